The Kier molecular flexibility index (Phi) is 3.89. The van der Waals surface area contributed by atoms with Gasteiger partial charge in [-0.25, -0.2) is 0 Å². The molecule has 6 nitrogen and oxygen atoms in total. The molecule has 1 N–H and O–H groups in total. The molecule has 2 aromatic rings. The van der Waals surface area contributed by atoms with Crippen molar-refractivity contribution in [2.75, 3.05) is 12.4 Å². The highest BCUT2D eigenvalue weighted by Gasteiger charge is 2.42. The number of nitrogens with zero attached hydrogens (tertiary/aromatic N) is 4. The van der Waals surface area contributed by atoms with Gasteiger partial charge in [0.05, 0.1) is 13.3 Å². The predicted molar refractivity (Wildman–Crippen MR) is 107 cm³/mol. The lowest BCUT2D eigenvalue weighted by atomic mass is 10.1. The highest BCUT2D eigenvalue weighted by Crippen LogP contribution is 2.32. The second kappa shape index (κ2) is 6.24. The fourth-order valence-electron chi connectivity index (χ4n) is 3.19. The first-order valence-corrected chi connectivity index (χ1v) is 8.38. The summed E-state index contributed by atoms with van der Waals surface area (Å²) < 4.78 is 5.41. The highest BCUT2D eigenvalue weighted by atomic mass is 16.5. The number of rotatable bonds is 3. The number of aryl methyl sites for hydroxylation is 2. The molecule has 2 heterocycles. The van der Waals surface area contributed by atoms with Gasteiger partial charge >= 0.3 is 0 Å². The molecule has 26 heavy (non-hydrogen) atoms. The minimum absolute atomic E-state index is 0.153. The quantitative estimate of drug-likeness (QED) is 0.855. The smallest absolute Gasteiger partial charge is 0.287 e. The standard InChI is InChI=1S/C20H20N5O/c1-14-10-15(2)12-16(11-14)22-20-23-19-13-21-8-9-25(19,24-20)17-4-6-18(26-3)7-5-17/h4-13H,1-3H3,(H,22,24)/q+1. The van der Waals surface area contributed by atoms with Crippen molar-refractivity contribution < 1.29 is 4.74 Å². The molecule has 0 fully saturated rings. The molecule has 2 aromatic carbocycles. The Morgan fingerprint density at radius 1 is 1.00 bits per heavy atom. The lowest BCUT2D eigenvalue weighted by Gasteiger charge is -2.23. The molecular weight excluding hydrogens is 326 g/mol. The number of guanidine groups is 1. The van der Waals surface area contributed by atoms with E-state index in [0.717, 1.165) is 23.0 Å². The van der Waals surface area contributed by atoms with E-state index in [9.17, 15) is 0 Å². The van der Waals surface area contributed by atoms with Gasteiger partial charge in [-0.3, -0.25) is 4.99 Å². The minimum atomic E-state index is 0.153. The minimum Gasteiger partial charge on any atom is -0.497 e. The number of fused-ring (bicyclic) bond motifs is 1. The van der Waals surface area contributed by atoms with Crippen LogP contribution in [0.3, 0.4) is 0 Å². The fourth-order valence-corrected chi connectivity index (χ4v) is 3.19. The molecular formula is C20H20N5O+. The van der Waals surface area contributed by atoms with Crippen molar-refractivity contribution in [1.82, 2.24) is 4.59 Å². The van der Waals surface area contributed by atoms with Crippen LogP contribution in [0.5, 0.6) is 5.75 Å². The van der Waals surface area contributed by atoms with Crippen molar-refractivity contribution in [3.63, 3.8) is 0 Å². The van der Waals surface area contributed by atoms with Crippen LogP contribution in [-0.4, -0.2) is 25.1 Å². The summed E-state index contributed by atoms with van der Waals surface area (Å²) in [6.07, 6.45) is 5.40. The SMILES string of the molecule is COc1ccc([N+]23C=CN=CC2=NC(Nc2cc(C)cc(C)c2)=N3)cc1. The molecule has 0 amide bonds. The van der Waals surface area contributed by atoms with Crippen molar-refractivity contribution in [1.29, 1.82) is 0 Å². The van der Waals surface area contributed by atoms with Gasteiger partial charge in [-0.05, 0) is 54.3 Å². The van der Waals surface area contributed by atoms with Gasteiger partial charge in [-0.1, -0.05) is 10.7 Å². The third kappa shape index (κ3) is 2.80. The number of quaternary nitrogens is 1. The van der Waals surface area contributed by atoms with Crippen molar-refractivity contribution in [2.24, 2.45) is 15.1 Å². The van der Waals surface area contributed by atoms with Crippen LogP contribution in [-0.2, 0) is 0 Å². The zero-order valence-electron chi connectivity index (χ0n) is 15.0. The summed E-state index contributed by atoms with van der Waals surface area (Å²) in [4.78, 5) is 8.87. The number of ether oxygens (including phenoxy) is 1. The number of methoxy groups -OCH3 is 1. The third-order valence-electron chi connectivity index (χ3n) is 4.32. The Balaban J connectivity index is 1.72. The molecule has 0 saturated heterocycles. The zero-order chi connectivity index (χ0) is 18.1. The monoisotopic (exact) mass is 346 g/mol. The zero-order valence-corrected chi connectivity index (χ0v) is 15.0. The Morgan fingerprint density at radius 2 is 1.73 bits per heavy atom. The Hall–Kier alpha value is -3.25. The van der Waals surface area contributed by atoms with Gasteiger partial charge in [0.2, 0.25) is 0 Å². The first-order chi connectivity index (χ1) is 12.6. The largest absolute Gasteiger partial charge is 0.497 e. The molecule has 2 aliphatic heterocycles. The molecule has 0 bridgehead atoms. The summed E-state index contributed by atoms with van der Waals surface area (Å²) in [5.41, 5.74) is 4.32. The predicted octanol–water partition coefficient (Wildman–Crippen LogP) is 3.97. The van der Waals surface area contributed by atoms with E-state index < -0.39 is 0 Å². The molecule has 130 valence electrons. The van der Waals surface area contributed by atoms with E-state index in [1.54, 1.807) is 19.5 Å². The van der Waals surface area contributed by atoms with Gasteiger partial charge in [0.15, 0.2) is 11.9 Å². The average Bonchev–Trinajstić information content (AvgIpc) is 3.00. The Morgan fingerprint density at radius 3 is 2.42 bits per heavy atom. The van der Waals surface area contributed by atoms with Crippen LogP contribution in [0.1, 0.15) is 11.1 Å². The van der Waals surface area contributed by atoms with E-state index in [-0.39, 0.29) is 4.59 Å². The number of hydrogen-bond donors (Lipinski definition) is 1. The van der Waals surface area contributed by atoms with Crippen molar-refractivity contribution in [3.05, 3.63) is 66.0 Å². The summed E-state index contributed by atoms with van der Waals surface area (Å²) in [5, 5.41) is 8.16. The van der Waals surface area contributed by atoms with E-state index in [1.807, 2.05) is 30.5 Å². The molecule has 2 aliphatic rings. The van der Waals surface area contributed by atoms with Crippen LogP contribution < -0.4 is 14.6 Å². The van der Waals surface area contributed by atoms with Crippen LogP contribution in [0.2, 0.25) is 0 Å². The van der Waals surface area contributed by atoms with Crippen LogP contribution in [0.25, 0.3) is 0 Å². The number of benzene rings is 2. The van der Waals surface area contributed by atoms with Crippen molar-refractivity contribution in [2.45, 2.75) is 13.8 Å². The first-order valence-electron chi connectivity index (χ1n) is 8.38. The van der Waals surface area contributed by atoms with Gasteiger partial charge < -0.3 is 10.1 Å². The lowest BCUT2D eigenvalue weighted by molar-refractivity contribution is 0.414. The van der Waals surface area contributed by atoms with E-state index >= 15 is 0 Å². The highest BCUT2D eigenvalue weighted by molar-refractivity contribution is 6.38. The number of amidine groups is 1. The maximum atomic E-state index is 5.26. The van der Waals surface area contributed by atoms with E-state index in [4.69, 9.17) is 9.84 Å². The van der Waals surface area contributed by atoms with Gasteiger partial charge in [-0.2, -0.15) is 4.99 Å². The molecule has 4 rings (SSSR count). The number of aliphatic imine (C=N–C) groups is 2. The second-order valence-electron chi connectivity index (χ2n) is 6.35. The van der Waals surface area contributed by atoms with Crippen LogP contribution in [0.4, 0.5) is 11.4 Å². The van der Waals surface area contributed by atoms with Gasteiger partial charge in [0.25, 0.3) is 11.8 Å². The Labute approximate surface area is 152 Å². The summed E-state index contributed by atoms with van der Waals surface area (Å²) in [6, 6.07) is 14.1. The Bertz CT molecular complexity index is 952. The van der Waals surface area contributed by atoms with Crippen LogP contribution in [0.15, 0.2) is 70.0 Å². The molecule has 0 aliphatic carbocycles. The molecule has 1 atom stereocenters. The van der Waals surface area contributed by atoms with Gasteiger partial charge in [0, 0.05) is 17.8 Å². The topological polar surface area (TPSA) is 58.3 Å². The normalized spacial score (nSPS) is 20.4. The summed E-state index contributed by atoms with van der Waals surface area (Å²) >= 11 is 0. The van der Waals surface area contributed by atoms with Crippen molar-refractivity contribution in [3.8, 4) is 5.75 Å². The third-order valence-corrected chi connectivity index (χ3v) is 4.32. The van der Waals surface area contributed by atoms with Crippen LogP contribution in [0, 0.1) is 13.8 Å². The molecule has 1 unspecified atom stereocenters. The lowest BCUT2D eigenvalue weighted by Crippen LogP contribution is -2.44. The van der Waals surface area contributed by atoms with E-state index in [1.165, 1.54) is 11.1 Å². The fraction of sp³-hybridized carbons (Fsp3) is 0.150. The summed E-state index contributed by atoms with van der Waals surface area (Å²) in [5.74, 6) is 2.10. The first kappa shape index (κ1) is 16.2. The molecule has 6 heteroatoms. The number of anilines is 1. The number of nitrogens with one attached hydrogen (secondary N) is 1. The summed E-state index contributed by atoms with van der Waals surface area (Å²) in [6.45, 7) is 4.15. The molecule has 0 radical (unpaired) electrons. The van der Waals surface area contributed by atoms with Gasteiger partial charge in [0.1, 0.15) is 12.0 Å². The average molecular weight is 346 g/mol. The van der Waals surface area contributed by atoms with Gasteiger partial charge in [-0.15, -0.1) is 0 Å². The van der Waals surface area contributed by atoms with E-state index in [2.05, 4.69) is 47.3 Å². The van der Waals surface area contributed by atoms with Crippen molar-refractivity contribution >= 4 is 29.4 Å². The maximum Gasteiger partial charge on any atom is 0.287 e. The molecule has 0 saturated carbocycles. The second-order valence-corrected chi connectivity index (χ2v) is 6.35. The summed E-state index contributed by atoms with van der Waals surface area (Å²) in [7, 11) is 1.65. The molecule has 0 aromatic heterocycles. The number of hydrogen-bond acceptors (Lipinski definition) is 5. The van der Waals surface area contributed by atoms with E-state index in [0.29, 0.717) is 5.96 Å². The maximum absolute atomic E-state index is 5.26. The molecule has 0 spiro atoms. The van der Waals surface area contributed by atoms with Crippen LogP contribution >= 0.6 is 0 Å².